The average Bonchev–Trinajstić information content (AvgIpc) is 2.33. The molecule has 0 radical (unpaired) electrons. The maximum atomic E-state index is 12.5. The molecule has 0 fully saturated rings. The van der Waals surface area contributed by atoms with Crippen molar-refractivity contribution < 1.29 is 22.6 Å². The highest BCUT2D eigenvalue weighted by Crippen LogP contribution is 2.40. The van der Waals surface area contributed by atoms with E-state index in [9.17, 15) is 13.2 Å². The van der Waals surface area contributed by atoms with E-state index in [1.54, 1.807) is 7.11 Å². The number of ether oxygens (including phenoxy) is 2. The Bertz CT molecular complexity index is 391. The molecule has 0 amide bonds. The SMILES string of the molecule is C=C(CC(F)(F)F)C1C=C(C(C)(C)C)C(OCOC)CC1. The molecule has 5 heteroatoms. The zero-order valence-corrected chi connectivity index (χ0v) is 13.2. The first-order valence-corrected chi connectivity index (χ1v) is 7.11. The van der Waals surface area contributed by atoms with E-state index >= 15 is 0 Å². The minimum absolute atomic E-state index is 0.0973. The van der Waals surface area contributed by atoms with E-state index < -0.39 is 12.6 Å². The van der Waals surface area contributed by atoms with Crippen molar-refractivity contribution in [3.63, 3.8) is 0 Å². The van der Waals surface area contributed by atoms with Crippen LogP contribution in [0, 0.1) is 11.3 Å². The highest BCUT2D eigenvalue weighted by Gasteiger charge is 2.35. The Morgan fingerprint density at radius 2 is 1.90 bits per heavy atom. The molecule has 2 unspecified atom stereocenters. The summed E-state index contributed by atoms with van der Waals surface area (Å²) in [5.74, 6) is -0.233. The van der Waals surface area contributed by atoms with Crippen LogP contribution in [0.25, 0.3) is 0 Å². The standard InChI is InChI=1S/C16H25F3O2/c1-11(9-16(17,18)19)12-6-7-14(21-10-20-5)13(8-12)15(2,3)4/h8,12,14H,1,6-7,9-10H2,2-5H3. The average molecular weight is 306 g/mol. The number of methoxy groups -OCH3 is 1. The third kappa shape index (κ3) is 5.83. The normalized spacial score (nSPS) is 23.9. The van der Waals surface area contributed by atoms with Crippen molar-refractivity contribution in [1.82, 2.24) is 0 Å². The van der Waals surface area contributed by atoms with Gasteiger partial charge >= 0.3 is 6.18 Å². The molecule has 1 aliphatic rings. The van der Waals surface area contributed by atoms with Crippen LogP contribution in [0.2, 0.25) is 0 Å². The molecule has 0 saturated carbocycles. The molecule has 21 heavy (non-hydrogen) atoms. The third-order valence-corrected chi connectivity index (χ3v) is 3.67. The van der Waals surface area contributed by atoms with E-state index in [0.29, 0.717) is 12.8 Å². The van der Waals surface area contributed by atoms with E-state index in [2.05, 4.69) is 6.58 Å². The molecule has 0 heterocycles. The molecule has 0 bridgehead atoms. The molecule has 0 aromatic rings. The summed E-state index contributed by atoms with van der Waals surface area (Å²) in [7, 11) is 1.55. The van der Waals surface area contributed by atoms with Gasteiger partial charge in [0.25, 0.3) is 0 Å². The topological polar surface area (TPSA) is 18.5 Å². The lowest BCUT2D eigenvalue weighted by Crippen LogP contribution is -2.31. The van der Waals surface area contributed by atoms with Gasteiger partial charge in [-0.2, -0.15) is 13.2 Å². The van der Waals surface area contributed by atoms with Crippen LogP contribution in [0.3, 0.4) is 0 Å². The van der Waals surface area contributed by atoms with Crippen molar-refractivity contribution in [3.05, 3.63) is 23.8 Å². The van der Waals surface area contributed by atoms with Crippen molar-refractivity contribution in [1.29, 1.82) is 0 Å². The molecular weight excluding hydrogens is 281 g/mol. The lowest BCUT2D eigenvalue weighted by Gasteiger charge is -2.36. The number of rotatable bonds is 5. The maximum Gasteiger partial charge on any atom is 0.392 e. The minimum Gasteiger partial charge on any atom is -0.359 e. The molecule has 0 aromatic carbocycles. The second kappa shape index (κ2) is 6.97. The molecule has 0 saturated heterocycles. The largest absolute Gasteiger partial charge is 0.392 e. The van der Waals surface area contributed by atoms with Crippen molar-refractivity contribution in [2.45, 2.75) is 52.3 Å². The molecule has 2 nitrogen and oxygen atoms in total. The molecule has 0 spiro atoms. The van der Waals surface area contributed by atoms with Gasteiger partial charge < -0.3 is 9.47 Å². The van der Waals surface area contributed by atoms with Crippen LogP contribution in [0.4, 0.5) is 13.2 Å². The van der Waals surface area contributed by atoms with E-state index in [1.165, 1.54) is 0 Å². The van der Waals surface area contributed by atoms with Gasteiger partial charge in [-0.3, -0.25) is 0 Å². The van der Waals surface area contributed by atoms with Gasteiger partial charge in [0, 0.05) is 7.11 Å². The van der Waals surface area contributed by atoms with Crippen LogP contribution in [0.15, 0.2) is 23.8 Å². The number of allylic oxidation sites excluding steroid dienone is 2. The van der Waals surface area contributed by atoms with Crippen LogP contribution in [-0.4, -0.2) is 26.2 Å². The minimum atomic E-state index is -4.20. The van der Waals surface area contributed by atoms with E-state index in [-0.39, 0.29) is 29.8 Å². The van der Waals surface area contributed by atoms with Gasteiger partial charge in [0.2, 0.25) is 0 Å². The quantitative estimate of drug-likeness (QED) is 0.533. The summed E-state index contributed by atoms with van der Waals surface area (Å²) >= 11 is 0. The Labute approximate surface area is 125 Å². The van der Waals surface area contributed by atoms with Crippen molar-refractivity contribution in [3.8, 4) is 0 Å². The Hall–Kier alpha value is -0.810. The molecule has 0 aliphatic heterocycles. The molecule has 1 rings (SSSR count). The van der Waals surface area contributed by atoms with Gasteiger partial charge in [-0.1, -0.05) is 39.0 Å². The summed E-state index contributed by atoms with van der Waals surface area (Å²) in [4.78, 5) is 0. The summed E-state index contributed by atoms with van der Waals surface area (Å²) in [6.07, 6.45) is -1.99. The first-order valence-electron chi connectivity index (χ1n) is 7.11. The van der Waals surface area contributed by atoms with Crippen molar-refractivity contribution in [2.24, 2.45) is 11.3 Å². The summed E-state index contributed by atoms with van der Waals surface area (Å²) in [6, 6.07) is 0. The van der Waals surface area contributed by atoms with Crippen molar-refractivity contribution >= 4 is 0 Å². The predicted octanol–water partition coefficient (Wildman–Crippen LogP) is 4.87. The fourth-order valence-corrected chi connectivity index (χ4v) is 2.66. The first-order chi connectivity index (χ1) is 9.54. The van der Waals surface area contributed by atoms with Crippen LogP contribution >= 0.6 is 0 Å². The lowest BCUT2D eigenvalue weighted by atomic mass is 9.74. The molecule has 122 valence electrons. The van der Waals surface area contributed by atoms with E-state index in [0.717, 1.165) is 5.57 Å². The lowest BCUT2D eigenvalue weighted by molar-refractivity contribution is -0.128. The zero-order chi connectivity index (χ0) is 16.3. The van der Waals surface area contributed by atoms with Crippen LogP contribution in [0.1, 0.15) is 40.0 Å². The van der Waals surface area contributed by atoms with Gasteiger partial charge in [0.15, 0.2) is 0 Å². The summed E-state index contributed by atoms with van der Waals surface area (Å²) < 4.78 is 48.1. The maximum absolute atomic E-state index is 12.5. The first kappa shape index (κ1) is 18.2. The van der Waals surface area contributed by atoms with Gasteiger partial charge in [0.05, 0.1) is 12.5 Å². The fraction of sp³-hybridized carbons (Fsp3) is 0.750. The highest BCUT2D eigenvalue weighted by atomic mass is 19.4. The van der Waals surface area contributed by atoms with Gasteiger partial charge in [-0.25, -0.2) is 0 Å². The Morgan fingerprint density at radius 3 is 2.38 bits per heavy atom. The Morgan fingerprint density at radius 1 is 1.29 bits per heavy atom. The number of hydrogen-bond donors (Lipinski definition) is 0. The summed E-state index contributed by atoms with van der Waals surface area (Å²) in [6.45, 7) is 9.94. The summed E-state index contributed by atoms with van der Waals surface area (Å²) in [5.41, 5.74) is 1.10. The molecule has 0 N–H and O–H groups in total. The van der Waals surface area contributed by atoms with Crippen LogP contribution < -0.4 is 0 Å². The van der Waals surface area contributed by atoms with E-state index in [4.69, 9.17) is 9.47 Å². The molecule has 1 aliphatic carbocycles. The second-order valence-electron chi connectivity index (χ2n) is 6.57. The van der Waals surface area contributed by atoms with Gasteiger partial charge in [-0.15, -0.1) is 0 Å². The molecular formula is C16H25F3O2. The van der Waals surface area contributed by atoms with Crippen LogP contribution in [-0.2, 0) is 9.47 Å². The fourth-order valence-electron chi connectivity index (χ4n) is 2.66. The Balaban J connectivity index is 2.89. The second-order valence-corrected chi connectivity index (χ2v) is 6.57. The summed E-state index contributed by atoms with van der Waals surface area (Å²) in [5, 5.41) is 0. The monoisotopic (exact) mass is 306 g/mol. The smallest absolute Gasteiger partial charge is 0.359 e. The van der Waals surface area contributed by atoms with Crippen molar-refractivity contribution in [2.75, 3.05) is 13.9 Å². The van der Waals surface area contributed by atoms with Gasteiger partial charge in [-0.05, 0) is 29.7 Å². The van der Waals surface area contributed by atoms with Gasteiger partial charge in [0.1, 0.15) is 6.79 Å². The number of hydrogen-bond acceptors (Lipinski definition) is 2. The Kier molecular flexibility index (Phi) is 6.05. The van der Waals surface area contributed by atoms with Crippen LogP contribution in [0.5, 0.6) is 0 Å². The zero-order valence-electron chi connectivity index (χ0n) is 13.2. The van der Waals surface area contributed by atoms with E-state index in [1.807, 2.05) is 26.8 Å². The molecule has 0 aromatic heterocycles. The number of halogens is 3. The predicted molar refractivity (Wildman–Crippen MR) is 76.8 cm³/mol. The number of alkyl halides is 3. The third-order valence-electron chi connectivity index (χ3n) is 3.67. The highest BCUT2D eigenvalue weighted by molar-refractivity contribution is 5.25. The molecule has 2 atom stereocenters.